The van der Waals surface area contributed by atoms with Crippen LogP contribution in [0.25, 0.3) is 0 Å². The number of hydrogen-bond donors (Lipinski definition) is 0. The predicted octanol–water partition coefficient (Wildman–Crippen LogP) is -0.911. The molecule has 1 aliphatic heterocycles. The van der Waals surface area contributed by atoms with Crippen molar-refractivity contribution in [1.29, 1.82) is 0 Å². The van der Waals surface area contributed by atoms with Gasteiger partial charge in [-0.2, -0.15) is 0 Å². The summed E-state index contributed by atoms with van der Waals surface area (Å²) >= 11 is 0. The molecule has 0 aromatic rings. The van der Waals surface area contributed by atoms with Gasteiger partial charge in [0.05, 0.1) is 13.2 Å². The van der Waals surface area contributed by atoms with Crippen molar-refractivity contribution >= 4 is 10.5 Å². The highest BCUT2D eigenvalue weighted by Crippen LogP contribution is 2.08. The fourth-order valence-corrected chi connectivity index (χ4v) is 0.973. The fraction of sp³-hybridized carbons (Fsp3) is 1.00. The molecule has 1 saturated heterocycles. The molecular weight excluding hydrogens is 148 g/mol. The largest absolute Gasteiger partial charge is 0.428 e. The third-order valence-electron chi connectivity index (χ3n) is 1.34. The van der Waals surface area contributed by atoms with Gasteiger partial charge in [-0.15, -0.1) is 0 Å². The minimum atomic E-state index is 0.400. The molecule has 0 spiro atoms. The Balaban J connectivity index is 1.68. The van der Waals surface area contributed by atoms with Crippen LogP contribution < -0.4 is 0 Å². The second kappa shape index (κ2) is 4.84. The number of ether oxygens (including phenoxy) is 2. The lowest BCUT2D eigenvalue weighted by atomic mass is 10.5. The van der Waals surface area contributed by atoms with Crippen LogP contribution in [0.1, 0.15) is 6.42 Å². The number of epoxide rings is 1. The summed E-state index contributed by atoms with van der Waals surface area (Å²) in [5, 5.41) is 0. The lowest BCUT2D eigenvalue weighted by molar-refractivity contribution is 0.105. The second-order valence-corrected chi connectivity index (χ2v) is 2.95. The monoisotopic (exact) mass is 162 g/mol. The van der Waals surface area contributed by atoms with E-state index in [9.17, 15) is 0 Å². The van der Waals surface area contributed by atoms with Crippen molar-refractivity contribution in [3.63, 3.8) is 0 Å². The molecule has 0 N–H and O–H groups in total. The van der Waals surface area contributed by atoms with Crippen molar-refractivity contribution in [1.82, 2.24) is 0 Å². The van der Waals surface area contributed by atoms with Crippen molar-refractivity contribution < 1.29 is 13.9 Å². The zero-order valence-electron chi connectivity index (χ0n) is 6.34. The van der Waals surface area contributed by atoms with Crippen LogP contribution in [0.15, 0.2) is 0 Å². The van der Waals surface area contributed by atoms with Crippen molar-refractivity contribution in [2.45, 2.75) is 12.5 Å². The average Bonchev–Trinajstić information content (AvgIpc) is 2.71. The van der Waals surface area contributed by atoms with E-state index in [0.717, 1.165) is 43.3 Å². The Labute approximate surface area is 64.2 Å². The third-order valence-corrected chi connectivity index (χ3v) is 1.75. The van der Waals surface area contributed by atoms with Gasteiger partial charge in [-0.3, -0.25) is 0 Å². The highest BCUT2D eigenvalue weighted by Gasteiger charge is 2.21. The molecule has 3 nitrogen and oxygen atoms in total. The van der Waals surface area contributed by atoms with Crippen LogP contribution in [-0.4, -0.2) is 43.0 Å². The molecule has 1 atom stereocenters. The molecule has 0 aromatic carbocycles. The molecule has 0 saturated carbocycles. The van der Waals surface area contributed by atoms with Crippen molar-refractivity contribution in [3.8, 4) is 0 Å². The maximum atomic E-state index is 5.27. The first-order chi connectivity index (χ1) is 4.93. The minimum Gasteiger partial charge on any atom is -0.428 e. The van der Waals surface area contributed by atoms with Crippen molar-refractivity contribution in [3.05, 3.63) is 0 Å². The Bertz CT molecular complexity index is 85.1. The van der Waals surface area contributed by atoms with Crippen LogP contribution in [0.2, 0.25) is 0 Å². The van der Waals surface area contributed by atoms with E-state index in [1.165, 1.54) is 0 Å². The van der Waals surface area contributed by atoms with Gasteiger partial charge in [0.15, 0.2) is 0 Å². The van der Waals surface area contributed by atoms with Gasteiger partial charge in [0.25, 0.3) is 0 Å². The molecule has 1 aliphatic rings. The van der Waals surface area contributed by atoms with Crippen LogP contribution in [-0.2, 0) is 13.9 Å². The summed E-state index contributed by atoms with van der Waals surface area (Å²) in [4.78, 5) is 0. The molecule has 0 aliphatic carbocycles. The highest BCUT2D eigenvalue weighted by molar-refractivity contribution is 5.97. The topological polar surface area (TPSA) is 31.0 Å². The van der Waals surface area contributed by atoms with Gasteiger partial charge in [-0.05, 0) is 6.42 Å². The van der Waals surface area contributed by atoms with E-state index in [2.05, 4.69) is 0 Å². The van der Waals surface area contributed by atoms with Gasteiger partial charge in [0, 0.05) is 13.2 Å². The Hall–Kier alpha value is 0.0969. The van der Waals surface area contributed by atoms with Crippen LogP contribution in [0, 0.1) is 0 Å². The molecule has 1 rings (SSSR count). The van der Waals surface area contributed by atoms with Gasteiger partial charge in [0.1, 0.15) is 16.6 Å². The Kier molecular flexibility index (Phi) is 3.97. The molecule has 0 aromatic heterocycles. The molecule has 0 bridgehead atoms. The van der Waals surface area contributed by atoms with Gasteiger partial charge < -0.3 is 13.9 Å². The summed E-state index contributed by atoms with van der Waals surface area (Å²) in [7, 11) is 0.836. The summed E-state index contributed by atoms with van der Waals surface area (Å²) in [6.07, 6.45) is 1.41. The zero-order valence-corrected chi connectivity index (χ0v) is 8.34. The number of hydrogen-bond acceptors (Lipinski definition) is 3. The Morgan fingerprint density at radius 2 is 2.30 bits per heavy atom. The average molecular weight is 162 g/mol. The smallest absolute Gasteiger partial charge is 0.145 e. The van der Waals surface area contributed by atoms with Crippen LogP contribution >= 0.6 is 0 Å². The first-order valence-corrected chi connectivity index (χ1v) is 4.43. The maximum Gasteiger partial charge on any atom is 0.145 e. The van der Waals surface area contributed by atoms with Gasteiger partial charge in [-0.1, -0.05) is 0 Å². The molecule has 1 heterocycles. The molecule has 1 fully saturated rings. The van der Waals surface area contributed by atoms with E-state index in [4.69, 9.17) is 13.9 Å². The summed E-state index contributed by atoms with van der Waals surface area (Å²) in [5.74, 6) is 0. The molecule has 4 heteroatoms. The summed E-state index contributed by atoms with van der Waals surface area (Å²) in [6, 6.07) is 0. The number of rotatable bonds is 6. The zero-order chi connectivity index (χ0) is 7.23. The van der Waals surface area contributed by atoms with Crippen LogP contribution in [0.5, 0.6) is 0 Å². The van der Waals surface area contributed by atoms with Crippen molar-refractivity contribution in [2.75, 3.05) is 26.4 Å². The third kappa shape index (κ3) is 4.00. The lowest BCUT2D eigenvalue weighted by Gasteiger charge is -2.00. The summed E-state index contributed by atoms with van der Waals surface area (Å²) in [6.45, 7) is 3.30. The standard InChI is InChI=1S/C6H14O3Si/c10-9-3-1-2-7-4-6-5-8-6/h6H,1-5H2,10H3. The molecule has 1 unspecified atom stereocenters. The van der Waals surface area contributed by atoms with E-state index in [1.807, 2.05) is 0 Å². The Morgan fingerprint density at radius 1 is 1.50 bits per heavy atom. The maximum absolute atomic E-state index is 5.27. The molecule has 0 radical (unpaired) electrons. The van der Waals surface area contributed by atoms with E-state index in [-0.39, 0.29) is 0 Å². The van der Waals surface area contributed by atoms with E-state index in [0.29, 0.717) is 6.10 Å². The molecule has 10 heavy (non-hydrogen) atoms. The SMILES string of the molecule is [SiH3]OCCCOCC1CO1. The van der Waals surface area contributed by atoms with Gasteiger partial charge in [-0.25, -0.2) is 0 Å². The molecule has 0 amide bonds. The van der Waals surface area contributed by atoms with E-state index in [1.54, 1.807) is 0 Å². The first kappa shape index (κ1) is 8.20. The van der Waals surface area contributed by atoms with Gasteiger partial charge >= 0.3 is 0 Å². The van der Waals surface area contributed by atoms with Crippen LogP contribution in [0.4, 0.5) is 0 Å². The summed E-state index contributed by atoms with van der Waals surface area (Å²) in [5.41, 5.74) is 0. The first-order valence-electron chi connectivity index (χ1n) is 3.62. The Morgan fingerprint density at radius 3 is 2.90 bits per heavy atom. The van der Waals surface area contributed by atoms with E-state index >= 15 is 0 Å². The quantitative estimate of drug-likeness (QED) is 0.288. The molecular formula is C6H14O3Si. The molecule has 60 valence electrons. The normalized spacial score (nSPS) is 23.4. The fourth-order valence-electron chi connectivity index (χ4n) is 0.684. The minimum absolute atomic E-state index is 0.400. The van der Waals surface area contributed by atoms with Crippen LogP contribution in [0.3, 0.4) is 0 Å². The van der Waals surface area contributed by atoms with Crippen molar-refractivity contribution in [2.24, 2.45) is 0 Å². The predicted molar refractivity (Wildman–Crippen MR) is 41.1 cm³/mol. The second-order valence-electron chi connectivity index (χ2n) is 2.38. The van der Waals surface area contributed by atoms with E-state index < -0.39 is 0 Å². The lowest BCUT2D eigenvalue weighted by Crippen LogP contribution is -2.04. The summed E-state index contributed by atoms with van der Waals surface area (Å²) < 4.78 is 15.2. The van der Waals surface area contributed by atoms with Gasteiger partial charge in [0.2, 0.25) is 0 Å². The highest BCUT2D eigenvalue weighted by atomic mass is 28.2.